The van der Waals surface area contributed by atoms with Gasteiger partial charge in [-0.25, -0.2) is 9.18 Å². The van der Waals surface area contributed by atoms with Crippen molar-refractivity contribution in [2.75, 3.05) is 6.61 Å². The van der Waals surface area contributed by atoms with Gasteiger partial charge in [-0.1, -0.05) is 41.4 Å². The summed E-state index contributed by atoms with van der Waals surface area (Å²) in [5.41, 5.74) is 0.792. The average molecular weight is 498 g/mol. The molecule has 1 heterocycles. The van der Waals surface area contributed by atoms with E-state index in [0.717, 1.165) is 4.90 Å². The summed E-state index contributed by atoms with van der Waals surface area (Å²) in [6.45, 7) is 3.12. The van der Waals surface area contributed by atoms with Crippen LogP contribution in [0.5, 0.6) is 5.75 Å². The van der Waals surface area contributed by atoms with E-state index in [1.165, 1.54) is 31.2 Å². The number of ether oxygens (including phenoxy) is 2. The van der Waals surface area contributed by atoms with Crippen LogP contribution in [0.2, 0.25) is 10.0 Å². The van der Waals surface area contributed by atoms with E-state index >= 15 is 0 Å². The molecule has 2 aromatic rings. The molecule has 0 saturated carbocycles. The Morgan fingerprint density at radius 1 is 1.22 bits per heavy atom. The number of thioether (sulfide) groups is 1. The molecule has 6 nitrogen and oxygen atoms in total. The Morgan fingerprint density at radius 2 is 1.88 bits per heavy atom. The molecular weight excluding hydrogens is 480 g/mol. The Labute approximate surface area is 198 Å². The summed E-state index contributed by atoms with van der Waals surface area (Å²) in [6, 6.07) is 8.13. The molecule has 0 bridgehead atoms. The highest BCUT2D eigenvalue weighted by atomic mass is 35.5. The number of amides is 2. The third kappa shape index (κ3) is 5.26. The van der Waals surface area contributed by atoms with Crippen molar-refractivity contribution < 1.29 is 28.2 Å². The van der Waals surface area contributed by atoms with Crippen LogP contribution < -0.4 is 4.74 Å². The summed E-state index contributed by atoms with van der Waals surface area (Å²) >= 11 is 13.3. The van der Waals surface area contributed by atoms with Crippen LogP contribution in [0.25, 0.3) is 6.08 Å². The molecule has 0 aromatic heterocycles. The third-order valence-corrected chi connectivity index (χ3v) is 5.93. The highest BCUT2D eigenvalue weighted by molar-refractivity contribution is 8.18. The Morgan fingerprint density at radius 3 is 2.50 bits per heavy atom. The number of esters is 1. The van der Waals surface area contributed by atoms with Gasteiger partial charge >= 0.3 is 5.97 Å². The Kier molecular flexibility index (Phi) is 7.82. The molecular formula is C22H18Cl2FNO5S. The molecule has 1 aliphatic rings. The molecule has 0 spiro atoms. The molecule has 1 atom stereocenters. The first-order chi connectivity index (χ1) is 15.2. The van der Waals surface area contributed by atoms with Crippen LogP contribution in [-0.2, 0) is 20.9 Å². The maximum Gasteiger partial charge on any atom is 0.329 e. The van der Waals surface area contributed by atoms with E-state index in [1.807, 2.05) is 0 Å². The predicted molar refractivity (Wildman–Crippen MR) is 121 cm³/mol. The number of nitrogens with zero attached hydrogens (tertiary/aromatic N) is 1. The quantitative estimate of drug-likeness (QED) is 0.360. The van der Waals surface area contributed by atoms with Crippen LogP contribution in [-0.4, -0.2) is 34.7 Å². The van der Waals surface area contributed by atoms with Gasteiger partial charge in [0.15, 0.2) is 5.75 Å². The molecule has 168 valence electrons. The maximum absolute atomic E-state index is 13.8. The lowest BCUT2D eigenvalue weighted by atomic mass is 10.2. The van der Waals surface area contributed by atoms with E-state index in [2.05, 4.69) is 0 Å². The molecule has 1 fully saturated rings. The van der Waals surface area contributed by atoms with Gasteiger partial charge in [-0.2, -0.15) is 0 Å². The molecule has 3 rings (SSSR count). The lowest BCUT2D eigenvalue weighted by Crippen LogP contribution is -2.42. The number of halogens is 3. The Bertz CT molecular complexity index is 1080. The van der Waals surface area contributed by atoms with E-state index < -0.39 is 29.0 Å². The second kappa shape index (κ2) is 10.4. The fourth-order valence-electron chi connectivity index (χ4n) is 2.90. The van der Waals surface area contributed by atoms with E-state index in [1.54, 1.807) is 25.1 Å². The smallest absolute Gasteiger partial charge is 0.329 e. The topological polar surface area (TPSA) is 72.9 Å². The minimum Gasteiger partial charge on any atom is -0.486 e. The van der Waals surface area contributed by atoms with E-state index in [0.29, 0.717) is 22.9 Å². The largest absolute Gasteiger partial charge is 0.486 e. The van der Waals surface area contributed by atoms with Gasteiger partial charge < -0.3 is 9.47 Å². The monoisotopic (exact) mass is 497 g/mol. The van der Waals surface area contributed by atoms with Crippen LogP contribution in [0.1, 0.15) is 25.0 Å². The summed E-state index contributed by atoms with van der Waals surface area (Å²) in [4.78, 5) is 37.9. The van der Waals surface area contributed by atoms with Crippen LogP contribution in [0.3, 0.4) is 0 Å². The number of benzene rings is 2. The first kappa shape index (κ1) is 24.1. The summed E-state index contributed by atoms with van der Waals surface area (Å²) in [5.74, 6) is -1.53. The molecule has 1 saturated heterocycles. The molecule has 0 N–H and O–H groups in total. The number of carbonyl (C=O) groups is 3. The molecule has 0 unspecified atom stereocenters. The minimum atomic E-state index is -1.05. The standard InChI is InChI=1S/C22H18Cl2FNO5S/c1-3-30-21(28)12(2)26-20(27)18(32-22(26)29)10-13-8-15(23)19(16(24)9-13)31-11-14-6-4-5-7-17(14)25/h4-10,12H,3,11H2,1-2H3/b18-10+/t12-/m1/s1. The second-order valence-corrected chi connectivity index (χ2v) is 8.48. The van der Waals surface area contributed by atoms with Crippen molar-refractivity contribution in [1.82, 2.24) is 4.90 Å². The molecule has 2 amide bonds. The van der Waals surface area contributed by atoms with Crippen molar-refractivity contribution in [2.45, 2.75) is 26.5 Å². The SMILES string of the molecule is CCOC(=O)[C@@H](C)N1C(=O)S/C(=C/c2cc(Cl)c(OCc3ccccc3F)c(Cl)c2)C1=O. The highest BCUT2D eigenvalue weighted by Crippen LogP contribution is 2.38. The zero-order chi connectivity index (χ0) is 23.4. The van der Waals surface area contributed by atoms with Crippen LogP contribution in [0.15, 0.2) is 41.3 Å². The third-order valence-electron chi connectivity index (χ3n) is 4.49. The number of carbonyl (C=O) groups excluding carboxylic acids is 3. The first-order valence-corrected chi connectivity index (χ1v) is 11.1. The second-order valence-electron chi connectivity index (χ2n) is 6.67. The lowest BCUT2D eigenvalue weighted by molar-refractivity contribution is -0.150. The van der Waals surface area contributed by atoms with Crippen molar-refractivity contribution in [3.63, 3.8) is 0 Å². The first-order valence-electron chi connectivity index (χ1n) is 9.51. The van der Waals surface area contributed by atoms with E-state index in [4.69, 9.17) is 32.7 Å². The van der Waals surface area contributed by atoms with Crippen molar-refractivity contribution in [1.29, 1.82) is 0 Å². The van der Waals surface area contributed by atoms with Gasteiger partial charge in [-0.3, -0.25) is 14.5 Å². The minimum absolute atomic E-state index is 0.0733. The summed E-state index contributed by atoms with van der Waals surface area (Å²) in [7, 11) is 0. The maximum atomic E-state index is 13.8. The van der Waals surface area contributed by atoms with E-state index in [-0.39, 0.29) is 33.9 Å². The molecule has 32 heavy (non-hydrogen) atoms. The van der Waals surface area contributed by atoms with Crippen molar-refractivity contribution in [3.05, 3.63) is 68.3 Å². The average Bonchev–Trinajstić information content (AvgIpc) is 3.01. The Balaban J connectivity index is 1.79. The molecule has 10 heteroatoms. The highest BCUT2D eigenvalue weighted by Gasteiger charge is 2.41. The van der Waals surface area contributed by atoms with Gasteiger partial charge in [0, 0.05) is 5.56 Å². The van der Waals surface area contributed by atoms with Crippen LogP contribution in [0, 0.1) is 5.82 Å². The summed E-state index contributed by atoms with van der Waals surface area (Å²) in [5, 5.41) is -0.276. The van der Waals surface area contributed by atoms with Crippen LogP contribution in [0.4, 0.5) is 9.18 Å². The fraction of sp³-hybridized carbons (Fsp3) is 0.227. The number of hydrogen-bond acceptors (Lipinski definition) is 6. The van der Waals surface area contributed by atoms with Crippen molar-refractivity contribution in [3.8, 4) is 5.75 Å². The molecule has 0 radical (unpaired) electrons. The Hall–Kier alpha value is -2.55. The van der Waals surface area contributed by atoms with Crippen molar-refractivity contribution >= 4 is 58.2 Å². The van der Waals surface area contributed by atoms with Crippen molar-refractivity contribution in [2.24, 2.45) is 0 Å². The van der Waals surface area contributed by atoms with Crippen LogP contribution >= 0.6 is 35.0 Å². The number of imide groups is 1. The van der Waals surface area contributed by atoms with E-state index in [9.17, 15) is 18.8 Å². The molecule has 0 aliphatic carbocycles. The van der Waals surface area contributed by atoms with Gasteiger partial charge in [-0.05, 0) is 55.4 Å². The molecule has 2 aromatic carbocycles. The fourth-order valence-corrected chi connectivity index (χ4v) is 4.42. The van der Waals surface area contributed by atoms with Gasteiger partial charge in [0.25, 0.3) is 11.1 Å². The van der Waals surface area contributed by atoms with Gasteiger partial charge in [0.1, 0.15) is 18.5 Å². The lowest BCUT2D eigenvalue weighted by Gasteiger charge is -2.19. The summed E-state index contributed by atoms with van der Waals surface area (Å²) in [6.07, 6.45) is 1.45. The number of rotatable bonds is 7. The normalized spacial score (nSPS) is 15.9. The van der Waals surface area contributed by atoms with Gasteiger partial charge in [0.05, 0.1) is 21.6 Å². The zero-order valence-corrected chi connectivity index (χ0v) is 19.4. The number of hydrogen-bond donors (Lipinski definition) is 0. The van der Waals surface area contributed by atoms with Gasteiger partial charge in [0.2, 0.25) is 0 Å². The summed E-state index contributed by atoms with van der Waals surface area (Å²) < 4.78 is 24.3. The zero-order valence-electron chi connectivity index (χ0n) is 17.1. The molecule has 1 aliphatic heterocycles. The predicted octanol–water partition coefficient (Wildman–Crippen LogP) is 5.70. The van der Waals surface area contributed by atoms with Gasteiger partial charge in [-0.15, -0.1) is 0 Å².